The van der Waals surface area contributed by atoms with Gasteiger partial charge < -0.3 is 15.3 Å². The average molecular weight is 483 g/mol. The third-order valence-corrected chi connectivity index (χ3v) is 7.07. The Balaban J connectivity index is 1.42. The van der Waals surface area contributed by atoms with Crippen LogP contribution < -0.4 is 5.32 Å². The van der Waals surface area contributed by atoms with Crippen LogP contribution in [0.3, 0.4) is 0 Å². The van der Waals surface area contributed by atoms with Crippen LogP contribution in [0.2, 0.25) is 0 Å². The molecule has 2 aliphatic rings. The van der Waals surface area contributed by atoms with Crippen LogP contribution in [0.4, 0.5) is 10.1 Å². The number of aromatic carboxylic acids is 1. The summed E-state index contributed by atoms with van der Waals surface area (Å²) < 4.78 is 14.5. The van der Waals surface area contributed by atoms with Crippen LogP contribution in [-0.4, -0.2) is 63.4 Å². The molecule has 0 bridgehead atoms. The number of carboxylic acids is 1. The Bertz CT molecular complexity index is 1120. The number of hydrogen-bond donors (Lipinski definition) is 2. The molecule has 2 amide bonds. The number of carboxylic acid groups (broad SMARTS) is 1. The number of pyridine rings is 1. The summed E-state index contributed by atoms with van der Waals surface area (Å²) in [5, 5.41) is 11.7. The van der Waals surface area contributed by atoms with Crippen LogP contribution in [0.15, 0.2) is 30.5 Å². The fraction of sp³-hybridized carbons (Fsp3) is 0.462. The summed E-state index contributed by atoms with van der Waals surface area (Å²) in [6, 6.07) is 5.46. The highest BCUT2D eigenvalue weighted by Gasteiger charge is 2.33. The van der Waals surface area contributed by atoms with Crippen molar-refractivity contribution >= 4 is 23.5 Å². The monoisotopic (exact) mass is 482 g/mol. The van der Waals surface area contributed by atoms with E-state index in [9.17, 15) is 18.8 Å². The smallest absolute Gasteiger partial charge is 0.354 e. The number of nitrogens with zero attached hydrogens (tertiary/aromatic N) is 3. The third kappa shape index (κ3) is 5.67. The van der Waals surface area contributed by atoms with E-state index in [1.165, 1.54) is 30.5 Å². The van der Waals surface area contributed by atoms with Crippen molar-refractivity contribution in [3.63, 3.8) is 0 Å². The molecule has 2 N–H and O–H groups in total. The minimum absolute atomic E-state index is 0.0890. The van der Waals surface area contributed by atoms with Gasteiger partial charge in [-0.1, -0.05) is 12.8 Å². The molecule has 1 aromatic carbocycles. The van der Waals surface area contributed by atoms with Gasteiger partial charge in [0.15, 0.2) is 0 Å². The predicted octanol–water partition coefficient (Wildman–Crippen LogP) is 3.70. The maximum absolute atomic E-state index is 14.5. The number of nitrogens with one attached hydrogen (secondary N) is 1. The second-order valence-electron chi connectivity index (χ2n) is 9.53. The maximum Gasteiger partial charge on any atom is 0.354 e. The molecule has 1 unspecified atom stereocenters. The molecule has 1 aliphatic carbocycles. The van der Waals surface area contributed by atoms with Crippen LogP contribution >= 0.6 is 0 Å². The second-order valence-corrected chi connectivity index (χ2v) is 9.53. The molecule has 9 heteroatoms. The number of piperazine rings is 1. The lowest BCUT2D eigenvalue weighted by atomic mass is 10.0. The summed E-state index contributed by atoms with van der Waals surface area (Å²) in [5.41, 5.74) is 1.90. The zero-order valence-corrected chi connectivity index (χ0v) is 20.1. The van der Waals surface area contributed by atoms with E-state index in [4.69, 9.17) is 5.11 Å². The van der Waals surface area contributed by atoms with E-state index in [0.29, 0.717) is 31.9 Å². The number of benzene rings is 1. The number of aromatic nitrogens is 1. The highest BCUT2D eigenvalue weighted by atomic mass is 19.1. The number of amides is 2. The van der Waals surface area contributed by atoms with Crippen molar-refractivity contribution in [3.05, 3.63) is 58.7 Å². The van der Waals surface area contributed by atoms with E-state index < -0.39 is 17.7 Å². The number of carbonyl (C=O) groups excluding carboxylic acids is 2. The Hall–Kier alpha value is -3.33. The van der Waals surface area contributed by atoms with Crippen molar-refractivity contribution in [3.8, 4) is 0 Å². The summed E-state index contributed by atoms with van der Waals surface area (Å²) in [7, 11) is 0. The first-order valence-electron chi connectivity index (χ1n) is 12.1. The highest BCUT2D eigenvalue weighted by Crippen LogP contribution is 2.29. The molecular formula is C26H31FN4O4. The van der Waals surface area contributed by atoms with Gasteiger partial charge in [0.1, 0.15) is 11.5 Å². The van der Waals surface area contributed by atoms with E-state index in [1.807, 2.05) is 11.8 Å². The van der Waals surface area contributed by atoms with Gasteiger partial charge in [-0.2, -0.15) is 0 Å². The van der Waals surface area contributed by atoms with E-state index in [2.05, 4.69) is 22.1 Å². The standard InChI is InChI=1S/C26H31FN4O4/c1-16-14-30(9-10-31(16)25(33)18-5-3-4-6-18)15-20-11-21(27)12-23(17(20)2)29-24(32)19-7-8-22(26(34)35)28-13-19/h7-8,11-13,16,18H,3-6,9-10,14-15H2,1-2H3,(H,29,32)(H,34,35). The van der Waals surface area contributed by atoms with E-state index in [-0.39, 0.29) is 29.1 Å². The van der Waals surface area contributed by atoms with Gasteiger partial charge in [0.25, 0.3) is 5.91 Å². The van der Waals surface area contributed by atoms with Crippen LogP contribution in [0.25, 0.3) is 0 Å². The number of rotatable bonds is 6. The maximum atomic E-state index is 14.5. The zero-order chi connectivity index (χ0) is 25.1. The van der Waals surface area contributed by atoms with Crippen LogP contribution in [0.1, 0.15) is 64.6 Å². The van der Waals surface area contributed by atoms with Crippen molar-refractivity contribution in [1.29, 1.82) is 0 Å². The molecule has 0 radical (unpaired) electrons. The third-order valence-electron chi connectivity index (χ3n) is 7.07. The fourth-order valence-electron chi connectivity index (χ4n) is 5.03. The largest absolute Gasteiger partial charge is 0.477 e. The molecule has 1 saturated heterocycles. The Morgan fingerprint density at radius 1 is 1.17 bits per heavy atom. The Labute approximate surface area is 204 Å². The molecule has 186 valence electrons. The highest BCUT2D eigenvalue weighted by molar-refractivity contribution is 6.04. The number of carbonyl (C=O) groups is 3. The first-order valence-corrected chi connectivity index (χ1v) is 12.1. The SMILES string of the molecule is Cc1c(CN2CCN(C(=O)C3CCCC3)C(C)C2)cc(F)cc1NC(=O)c1ccc(C(=O)O)nc1. The Kier molecular flexibility index (Phi) is 7.45. The van der Waals surface area contributed by atoms with Crippen molar-refractivity contribution < 1.29 is 23.9 Å². The topological polar surface area (TPSA) is 103 Å². The first-order chi connectivity index (χ1) is 16.7. The van der Waals surface area contributed by atoms with Gasteiger partial charge in [-0.05, 0) is 62.1 Å². The predicted molar refractivity (Wildman–Crippen MR) is 129 cm³/mol. The number of anilines is 1. The lowest BCUT2D eigenvalue weighted by Gasteiger charge is -2.41. The molecule has 1 aliphatic heterocycles. The molecule has 1 aromatic heterocycles. The van der Waals surface area contributed by atoms with Crippen molar-refractivity contribution in [1.82, 2.24) is 14.8 Å². The summed E-state index contributed by atoms with van der Waals surface area (Å²) in [4.78, 5) is 44.4. The molecule has 1 atom stereocenters. The van der Waals surface area contributed by atoms with Gasteiger partial charge in [-0.15, -0.1) is 0 Å². The molecule has 4 rings (SSSR count). The minimum Gasteiger partial charge on any atom is -0.477 e. The van der Waals surface area contributed by atoms with Crippen molar-refractivity contribution in [2.24, 2.45) is 5.92 Å². The molecule has 2 fully saturated rings. The lowest BCUT2D eigenvalue weighted by molar-refractivity contribution is -0.140. The molecule has 35 heavy (non-hydrogen) atoms. The Morgan fingerprint density at radius 3 is 2.54 bits per heavy atom. The molecule has 2 heterocycles. The molecule has 8 nitrogen and oxygen atoms in total. The average Bonchev–Trinajstić information content (AvgIpc) is 3.37. The van der Waals surface area contributed by atoms with Gasteiger partial charge in [-0.3, -0.25) is 14.5 Å². The van der Waals surface area contributed by atoms with Crippen molar-refractivity contribution in [2.45, 2.75) is 52.1 Å². The fourth-order valence-corrected chi connectivity index (χ4v) is 5.03. The summed E-state index contributed by atoms with van der Waals surface area (Å²) in [5.74, 6) is -1.70. The molecule has 1 saturated carbocycles. The van der Waals surface area contributed by atoms with E-state index in [1.54, 1.807) is 0 Å². The summed E-state index contributed by atoms with van der Waals surface area (Å²) in [6.45, 7) is 6.48. The van der Waals surface area contributed by atoms with Gasteiger partial charge in [0.05, 0.1) is 5.56 Å². The van der Waals surface area contributed by atoms with Gasteiger partial charge >= 0.3 is 5.97 Å². The Morgan fingerprint density at radius 2 is 1.91 bits per heavy atom. The van der Waals surface area contributed by atoms with Gasteiger partial charge in [0, 0.05) is 50.0 Å². The van der Waals surface area contributed by atoms with Gasteiger partial charge in [0.2, 0.25) is 5.91 Å². The molecular weight excluding hydrogens is 451 g/mol. The quantitative estimate of drug-likeness (QED) is 0.651. The van der Waals surface area contributed by atoms with Crippen molar-refractivity contribution in [2.75, 3.05) is 25.0 Å². The van der Waals surface area contributed by atoms with Crippen LogP contribution in [-0.2, 0) is 11.3 Å². The summed E-state index contributed by atoms with van der Waals surface area (Å²) >= 11 is 0. The van der Waals surface area contributed by atoms with Gasteiger partial charge in [-0.25, -0.2) is 14.2 Å². The first kappa shape index (κ1) is 24.8. The van der Waals surface area contributed by atoms with E-state index in [0.717, 1.165) is 36.8 Å². The van der Waals surface area contributed by atoms with E-state index >= 15 is 0 Å². The zero-order valence-electron chi connectivity index (χ0n) is 20.1. The van der Waals surface area contributed by atoms with Crippen LogP contribution in [0.5, 0.6) is 0 Å². The molecule has 2 aromatic rings. The van der Waals surface area contributed by atoms with Crippen LogP contribution in [0, 0.1) is 18.7 Å². The summed E-state index contributed by atoms with van der Waals surface area (Å²) in [6.07, 6.45) is 5.42. The lowest BCUT2D eigenvalue weighted by Crippen LogP contribution is -2.54. The normalized spacial score (nSPS) is 19.1. The molecule has 0 spiro atoms. The number of halogens is 1. The minimum atomic E-state index is -1.18. The second kappa shape index (κ2) is 10.5. The number of hydrogen-bond acceptors (Lipinski definition) is 5.